The van der Waals surface area contributed by atoms with E-state index in [0.29, 0.717) is 11.8 Å². The number of benzene rings is 1. The van der Waals surface area contributed by atoms with E-state index in [0.717, 1.165) is 18.9 Å². The zero-order valence-corrected chi connectivity index (χ0v) is 10.7. The Morgan fingerprint density at radius 1 is 1.29 bits per heavy atom. The van der Waals surface area contributed by atoms with Crippen LogP contribution in [0.3, 0.4) is 0 Å². The summed E-state index contributed by atoms with van der Waals surface area (Å²) in [5.41, 5.74) is 1.32. The molecule has 1 aliphatic rings. The zero-order valence-electron chi connectivity index (χ0n) is 10.7. The molecular weight excluding hydrogens is 210 g/mol. The van der Waals surface area contributed by atoms with E-state index in [1.807, 2.05) is 12.1 Å². The van der Waals surface area contributed by atoms with Gasteiger partial charge in [-0.2, -0.15) is 0 Å². The summed E-state index contributed by atoms with van der Waals surface area (Å²) < 4.78 is 0. The SMILES string of the molecule is CCCNC(Cc1ccc(O)cc1)C1CCC1. The van der Waals surface area contributed by atoms with Gasteiger partial charge in [-0.3, -0.25) is 0 Å². The number of phenolic OH excluding ortho intramolecular Hbond substituents is 1. The Labute approximate surface area is 104 Å². The van der Waals surface area contributed by atoms with Gasteiger partial charge >= 0.3 is 0 Å². The third-order valence-electron chi connectivity index (χ3n) is 3.77. The molecule has 1 atom stereocenters. The highest BCUT2D eigenvalue weighted by Crippen LogP contribution is 2.31. The highest BCUT2D eigenvalue weighted by atomic mass is 16.3. The van der Waals surface area contributed by atoms with E-state index < -0.39 is 0 Å². The van der Waals surface area contributed by atoms with Gasteiger partial charge in [0.25, 0.3) is 0 Å². The molecule has 0 bridgehead atoms. The molecule has 17 heavy (non-hydrogen) atoms. The summed E-state index contributed by atoms with van der Waals surface area (Å²) in [6.07, 6.45) is 6.42. The maximum absolute atomic E-state index is 9.28. The van der Waals surface area contributed by atoms with Gasteiger partial charge in [0.1, 0.15) is 5.75 Å². The molecule has 1 unspecified atom stereocenters. The normalized spacial score (nSPS) is 17.7. The predicted molar refractivity (Wildman–Crippen MR) is 71.2 cm³/mol. The minimum Gasteiger partial charge on any atom is -0.508 e. The average Bonchev–Trinajstić information content (AvgIpc) is 2.26. The molecule has 0 saturated heterocycles. The second-order valence-electron chi connectivity index (χ2n) is 5.12. The summed E-state index contributed by atoms with van der Waals surface area (Å²) in [6.45, 7) is 3.32. The minimum atomic E-state index is 0.357. The van der Waals surface area contributed by atoms with E-state index in [1.165, 1.54) is 31.2 Å². The maximum Gasteiger partial charge on any atom is 0.115 e. The number of hydrogen-bond acceptors (Lipinski definition) is 2. The first-order chi connectivity index (χ1) is 8.29. The average molecular weight is 233 g/mol. The number of aromatic hydroxyl groups is 1. The quantitative estimate of drug-likeness (QED) is 0.791. The Morgan fingerprint density at radius 3 is 2.53 bits per heavy atom. The largest absolute Gasteiger partial charge is 0.508 e. The molecule has 0 aliphatic heterocycles. The molecule has 2 heteroatoms. The van der Waals surface area contributed by atoms with Crippen molar-refractivity contribution >= 4 is 0 Å². The minimum absolute atomic E-state index is 0.357. The molecule has 2 N–H and O–H groups in total. The van der Waals surface area contributed by atoms with Crippen molar-refractivity contribution in [3.05, 3.63) is 29.8 Å². The molecule has 1 aliphatic carbocycles. The van der Waals surface area contributed by atoms with Gasteiger partial charge in [-0.25, -0.2) is 0 Å². The highest BCUT2D eigenvalue weighted by Gasteiger charge is 2.26. The molecule has 0 radical (unpaired) electrons. The molecule has 0 spiro atoms. The van der Waals surface area contributed by atoms with Crippen LogP contribution in [-0.4, -0.2) is 17.7 Å². The van der Waals surface area contributed by atoms with Crippen LogP contribution in [0.25, 0.3) is 0 Å². The molecule has 0 aromatic heterocycles. The fourth-order valence-electron chi connectivity index (χ4n) is 2.46. The van der Waals surface area contributed by atoms with Crippen LogP contribution in [0.4, 0.5) is 0 Å². The van der Waals surface area contributed by atoms with Crippen LogP contribution in [0.1, 0.15) is 38.2 Å². The first-order valence-corrected chi connectivity index (χ1v) is 6.81. The summed E-state index contributed by atoms with van der Waals surface area (Å²) in [4.78, 5) is 0. The Bertz CT molecular complexity index is 329. The molecule has 1 aromatic rings. The lowest BCUT2D eigenvalue weighted by Crippen LogP contribution is -2.41. The summed E-state index contributed by atoms with van der Waals surface area (Å²) in [5, 5.41) is 13.0. The lowest BCUT2D eigenvalue weighted by atomic mass is 9.77. The number of hydrogen-bond donors (Lipinski definition) is 2. The van der Waals surface area contributed by atoms with Crippen LogP contribution in [0.2, 0.25) is 0 Å². The standard InChI is InChI=1S/C15H23NO/c1-2-10-16-15(13-4-3-5-13)11-12-6-8-14(17)9-7-12/h6-9,13,15-17H,2-5,10-11H2,1H3. The fraction of sp³-hybridized carbons (Fsp3) is 0.600. The van der Waals surface area contributed by atoms with Gasteiger partial charge in [0, 0.05) is 6.04 Å². The van der Waals surface area contributed by atoms with E-state index in [2.05, 4.69) is 12.2 Å². The Morgan fingerprint density at radius 2 is 2.00 bits per heavy atom. The van der Waals surface area contributed by atoms with E-state index in [4.69, 9.17) is 0 Å². The van der Waals surface area contributed by atoms with Crippen molar-refractivity contribution in [3.63, 3.8) is 0 Å². The van der Waals surface area contributed by atoms with Crippen LogP contribution in [-0.2, 0) is 6.42 Å². The van der Waals surface area contributed by atoms with Crippen LogP contribution in [0, 0.1) is 5.92 Å². The Kier molecular flexibility index (Phi) is 4.43. The Balaban J connectivity index is 1.93. The monoisotopic (exact) mass is 233 g/mol. The van der Waals surface area contributed by atoms with Gasteiger partial charge in [0.15, 0.2) is 0 Å². The summed E-state index contributed by atoms with van der Waals surface area (Å²) >= 11 is 0. The fourth-order valence-corrected chi connectivity index (χ4v) is 2.46. The molecule has 94 valence electrons. The van der Waals surface area contributed by atoms with Crippen molar-refractivity contribution < 1.29 is 5.11 Å². The number of rotatable bonds is 6. The summed E-state index contributed by atoms with van der Waals surface area (Å²) in [6, 6.07) is 8.26. The van der Waals surface area contributed by atoms with Crippen molar-refractivity contribution in [2.45, 2.75) is 45.1 Å². The van der Waals surface area contributed by atoms with E-state index in [-0.39, 0.29) is 0 Å². The van der Waals surface area contributed by atoms with E-state index in [1.54, 1.807) is 12.1 Å². The van der Waals surface area contributed by atoms with Crippen molar-refractivity contribution in [1.29, 1.82) is 0 Å². The van der Waals surface area contributed by atoms with Crippen LogP contribution in [0.5, 0.6) is 5.75 Å². The lowest BCUT2D eigenvalue weighted by Gasteiger charge is -2.34. The molecule has 0 amide bonds. The number of nitrogens with one attached hydrogen (secondary N) is 1. The first-order valence-electron chi connectivity index (χ1n) is 6.81. The maximum atomic E-state index is 9.28. The molecule has 1 fully saturated rings. The van der Waals surface area contributed by atoms with Gasteiger partial charge in [-0.1, -0.05) is 25.5 Å². The molecule has 0 heterocycles. The molecule has 1 saturated carbocycles. The van der Waals surface area contributed by atoms with Gasteiger partial charge < -0.3 is 10.4 Å². The first kappa shape index (κ1) is 12.4. The lowest BCUT2D eigenvalue weighted by molar-refractivity contribution is 0.227. The Hall–Kier alpha value is -1.02. The van der Waals surface area contributed by atoms with Crippen molar-refractivity contribution in [3.8, 4) is 5.75 Å². The molecule has 2 rings (SSSR count). The van der Waals surface area contributed by atoms with Gasteiger partial charge in [0.2, 0.25) is 0 Å². The van der Waals surface area contributed by atoms with Gasteiger partial charge in [0.05, 0.1) is 0 Å². The van der Waals surface area contributed by atoms with Crippen LogP contribution >= 0.6 is 0 Å². The van der Waals surface area contributed by atoms with Gasteiger partial charge in [-0.05, 0) is 55.8 Å². The topological polar surface area (TPSA) is 32.3 Å². The van der Waals surface area contributed by atoms with E-state index in [9.17, 15) is 5.11 Å². The second kappa shape index (κ2) is 6.06. The van der Waals surface area contributed by atoms with Crippen LogP contribution in [0.15, 0.2) is 24.3 Å². The van der Waals surface area contributed by atoms with Gasteiger partial charge in [-0.15, -0.1) is 0 Å². The van der Waals surface area contributed by atoms with Crippen molar-refractivity contribution in [1.82, 2.24) is 5.32 Å². The molecular formula is C15H23NO. The van der Waals surface area contributed by atoms with Crippen molar-refractivity contribution in [2.24, 2.45) is 5.92 Å². The third-order valence-corrected chi connectivity index (χ3v) is 3.77. The molecule has 1 aromatic carbocycles. The van der Waals surface area contributed by atoms with Crippen LogP contribution < -0.4 is 5.32 Å². The number of phenols is 1. The van der Waals surface area contributed by atoms with Crippen molar-refractivity contribution in [2.75, 3.05) is 6.54 Å². The second-order valence-corrected chi connectivity index (χ2v) is 5.12. The predicted octanol–water partition coefficient (Wildman–Crippen LogP) is 3.10. The van der Waals surface area contributed by atoms with E-state index >= 15 is 0 Å². The third kappa shape index (κ3) is 3.47. The molecule has 2 nitrogen and oxygen atoms in total. The summed E-state index contributed by atoms with van der Waals surface area (Å²) in [5.74, 6) is 1.21. The highest BCUT2D eigenvalue weighted by molar-refractivity contribution is 5.26. The zero-order chi connectivity index (χ0) is 12.1. The smallest absolute Gasteiger partial charge is 0.115 e. The summed E-state index contributed by atoms with van der Waals surface area (Å²) in [7, 11) is 0.